The molecule has 1 saturated carbocycles. The van der Waals surface area contributed by atoms with Crippen LogP contribution < -0.4 is 11.1 Å². The highest BCUT2D eigenvalue weighted by Gasteiger charge is 2.44. The third kappa shape index (κ3) is 3.89. The van der Waals surface area contributed by atoms with Gasteiger partial charge in [0.05, 0.1) is 18.6 Å². The Morgan fingerprint density at radius 3 is 2.35 bits per heavy atom. The second kappa shape index (κ2) is 6.98. The minimum Gasteiger partial charge on any atom is -0.481 e. The number of carbonyl (C=O) groups is 2. The first kappa shape index (κ1) is 16.8. The molecule has 0 bridgehead atoms. The molecule has 1 amide bonds. The molecule has 0 aromatic carbocycles. The van der Waals surface area contributed by atoms with Gasteiger partial charge in [-0.05, 0) is 18.8 Å². The number of aliphatic hydroxyl groups is 3. The Morgan fingerprint density at radius 2 is 1.95 bits per heavy atom. The topological polar surface area (TPSA) is 153 Å². The summed E-state index contributed by atoms with van der Waals surface area (Å²) < 4.78 is 0. The second-order valence-electron chi connectivity index (χ2n) is 5.30. The van der Waals surface area contributed by atoms with Gasteiger partial charge < -0.3 is 31.5 Å². The molecule has 116 valence electrons. The van der Waals surface area contributed by atoms with Crippen molar-refractivity contribution in [3.8, 4) is 0 Å². The summed E-state index contributed by atoms with van der Waals surface area (Å²) in [5.41, 5.74) is 5.89. The van der Waals surface area contributed by atoms with E-state index in [1.54, 1.807) is 0 Å². The quantitative estimate of drug-likeness (QED) is 0.320. The molecule has 8 nitrogen and oxygen atoms in total. The Bertz CT molecular complexity index is 364. The lowest BCUT2D eigenvalue weighted by atomic mass is 9.88. The van der Waals surface area contributed by atoms with Crippen LogP contribution in [-0.2, 0) is 9.59 Å². The Kier molecular flexibility index (Phi) is 5.88. The molecule has 0 saturated heterocycles. The number of nitrogens with two attached hydrogens (primary N) is 1. The molecule has 1 aliphatic carbocycles. The Labute approximate surface area is 116 Å². The summed E-state index contributed by atoms with van der Waals surface area (Å²) in [5, 5.41) is 39.9. The van der Waals surface area contributed by atoms with Gasteiger partial charge >= 0.3 is 5.97 Å². The van der Waals surface area contributed by atoms with E-state index in [1.807, 2.05) is 0 Å². The number of hydrogen-bond donors (Lipinski definition) is 6. The standard InChI is InChI=1S/C12H22N2O6/c1-5(16)14-10(11(18)9(17)4-15)7-2-6(12(19)20)3-8(7)13/h6-11,15,17-18H,2-4,13H2,1H3,(H,14,16)(H,19,20). The minimum atomic E-state index is -1.43. The molecule has 0 spiro atoms. The van der Waals surface area contributed by atoms with E-state index in [2.05, 4.69) is 5.32 Å². The number of amides is 1. The molecule has 0 radical (unpaired) electrons. The van der Waals surface area contributed by atoms with E-state index in [0.29, 0.717) is 0 Å². The van der Waals surface area contributed by atoms with Crippen LogP contribution >= 0.6 is 0 Å². The number of rotatable bonds is 6. The van der Waals surface area contributed by atoms with Crippen LogP contribution in [0.1, 0.15) is 19.8 Å². The van der Waals surface area contributed by atoms with Crippen LogP contribution in [0.2, 0.25) is 0 Å². The molecule has 0 aliphatic heterocycles. The van der Waals surface area contributed by atoms with Gasteiger partial charge in [-0.3, -0.25) is 9.59 Å². The van der Waals surface area contributed by atoms with Gasteiger partial charge in [0.1, 0.15) is 12.2 Å². The molecule has 7 N–H and O–H groups in total. The third-order valence-electron chi connectivity index (χ3n) is 3.79. The number of hydrogen-bond acceptors (Lipinski definition) is 6. The molecular weight excluding hydrogens is 268 g/mol. The smallest absolute Gasteiger partial charge is 0.306 e. The maximum Gasteiger partial charge on any atom is 0.306 e. The first-order chi connectivity index (χ1) is 9.27. The molecule has 1 aliphatic rings. The molecule has 20 heavy (non-hydrogen) atoms. The summed E-state index contributed by atoms with van der Waals surface area (Å²) in [6, 6.07) is -1.40. The van der Waals surface area contributed by atoms with Crippen molar-refractivity contribution in [2.45, 2.75) is 44.1 Å². The first-order valence-corrected chi connectivity index (χ1v) is 6.50. The average Bonchev–Trinajstić information content (AvgIpc) is 2.76. The largest absolute Gasteiger partial charge is 0.481 e. The lowest BCUT2D eigenvalue weighted by Crippen LogP contribution is -2.55. The number of carboxylic acid groups (broad SMARTS) is 1. The van der Waals surface area contributed by atoms with E-state index >= 15 is 0 Å². The molecule has 6 unspecified atom stereocenters. The predicted octanol–water partition coefficient (Wildman–Crippen LogP) is -2.36. The van der Waals surface area contributed by atoms with Crippen LogP contribution in [0.25, 0.3) is 0 Å². The molecule has 0 aromatic heterocycles. The highest BCUT2D eigenvalue weighted by atomic mass is 16.4. The van der Waals surface area contributed by atoms with E-state index in [1.165, 1.54) is 6.92 Å². The van der Waals surface area contributed by atoms with Crippen molar-refractivity contribution in [2.24, 2.45) is 17.6 Å². The Balaban J connectivity index is 2.88. The van der Waals surface area contributed by atoms with Crippen LogP contribution in [0.4, 0.5) is 0 Å². The number of carboxylic acids is 1. The van der Waals surface area contributed by atoms with Crippen molar-refractivity contribution in [2.75, 3.05) is 6.61 Å². The molecule has 8 heteroatoms. The normalized spacial score (nSPS) is 30.6. The molecule has 1 fully saturated rings. The molecule has 0 aromatic rings. The summed E-state index contributed by atoms with van der Waals surface area (Å²) in [7, 11) is 0. The van der Waals surface area contributed by atoms with E-state index in [9.17, 15) is 19.8 Å². The maximum absolute atomic E-state index is 11.2. The van der Waals surface area contributed by atoms with E-state index < -0.39 is 54.6 Å². The molecule has 0 heterocycles. The summed E-state index contributed by atoms with van der Waals surface area (Å²) in [6.45, 7) is 0.585. The fourth-order valence-corrected chi connectivity index (χ4v) is 2.75. The summed E-state index contributed by atoms with van der Waals surface area (Å²) in [5.74, 6) is -2.51. The van der Waals surface area contributed by atoms with Crippen molar-refractivity contribution in [1.29, 1.82) is 0 Å². The molecule has 6 atom stereocenters. The fraction of sp³-hybridized carbons (Fsp3) is 0.833. The Morgan fingerprint density at radius 1 is 1.35 bits per heavy atom. The zero-order valence-corrected chi connectivity index (χ0v) is 11.3. The van der Waals surface area contributed by atoms with Gasteiger partial charge in [-0.1, -0.05) is 0 Å². The second-order valence-corrected chi connectivity index (χ2v) is 5.30. The summed E-state index contributed by atoms with van der Waals surface area (Å²) in [6.07, 6.45) is -2.38. The van der Waals surface area contributed by atoms with E-state index in [4.69, 9.17) is 15.9 Å². The SMILES string of the molecule is CC(=O)NC(C(O)C(O)CO)C1CC(C(=O)O)CC1N. The highest BCUT2D eigenvalue weighted by molar-refractivity contribution is 5.73. The Hall–Kier alpha value is -1.22. The number of carbonyl (C=O) groups excluding carboxylic acids is 1. The van der Waals surface area contributed by atoms with Gasteiger partial charge in [-0.2, -0.15) is 0 Å². The van der Waals surface area contributed by atoms with Crippen LogP contribution in [-0.4, -0.2) is 63.2 Å². The molecule has 1 rings (SSSR count). The van der Waals surface area contributed by atoms with Gasteiger partial charge in [0.25, 0.3) is 0 Å². The van der Waals surface area contributed by atoms with Gasteiger partial charge in [-0.25, -0.2) is 0 Å². The van der Waals surface area contributed by atoms with Crippen LogP contribution in [0.15, 0.2) is 0 Å². The van der Waals surface area contributed by atoms with Gasteiger partial charge in [0.15, 0.2) is 0 Å². The van der Waals surface area contributed by atoms with Crippen LogP contribution in [0.5, 0.6) is 0 Å². The van der Waals surface area contributed by atoms with Gasteiger partial charge in [0.2, 0.25) is 5.91 Å². The van der Waals surface area contributed by atoms with Gasteiger partial charge in [-0.15, -0.1) is 0 Å². The minimum absolute atomic E-state index is 0.205. The first-order valence-electron chi connectivity index (χ1n) is 6.50. The monoisotopic (exact) mass is 290 g/mol. The van der Waals surface area contributed by atoms with Crippen molar-refractivity contribution in [1.82, 2.24) is 5.32 Å². The number of aliphatic hydroxyl groups excluding tert-OH is 3. The predicted molar refractivity (Wildman–Crippen MR) is 68.5 cm³/mol. The zero-order valence-electron chi connectivity index (χ0n) is 11.3. The van der Waals surface area contributed by atoms with Crippen molar-refractivity contribution in [3.05, 3.63) is 0 Å². The van der Waals surface area contributed by atoms with Gasteiger partial charge in [0, 0.05) is 13.0 Å². The maximum atomic E-state index is 11.2. The molecular formula is C12H22N2O6. The summed E-state index contributed by atoms with van der Waals surface area (Å²) >= 11 is 0. The van der Waals surface area contributed by atoms with Crippen LogP contribution in [0, 0.1) is 11.8 Å². The fourth-order valence-electron chi connectivity index (χ4n) is 2.75. The van der Waals surface area contributed by atoms with E-state index in [0.717, 1.165) is 0 Å². The lowest BCUT2D eigenvalue weighted by molar-refractivity contribution is -0.141. The average molecular weight is 290 g/mol. The van der Waals surface area contributed by atoms with Crippen LogP contribution in [0.3, 0.4) is 0 Å². The van der Waals surface area contributed by atoms with Crippen molar-refractivity contribution < 1.29 is 30.0 Å². The summed E-state index contributed by atoms with van der Waals surface area (Å²) in [4.78, 5) is 22.2. The number of nitrogens with one attached hydrogen (secondary N) is 1. The zero-order chi connectivity index (χ0) is 15.4. The van der Waals surface area contributed by atoms with Crippen molar-refractivity contribution in [3.63, 3.8) is 0 Å². The van der Waals surface area contributed by atoms with Crippen molar-refractivity contribution >= 4 is 11.9 Å². The third-order valence-corrected chi connectivity index (χ3v) is 3.79. The van der Waals surface area contributed by atoms with E-state index in [-0.39, 0.29) is 12.8 Å². The number of aliphatic carboxylic acids is 1. The lowest BCUT2D eigenvalue weighted by Gasteiger charge is -2.33. The highest BCUT2D eigenvalue weighted by Crippen LogP contribution is 2.34.